The number of hydrogen-bond acceptors (Lipinski definition) is 11. The lowest BCUT2D eigenvalue weighted by Gasteiger charge is -2.44. The largest absolute Gasteiger partial charge is 0.463 e. The van der Waals surface area contributed by atoms with Crippen LogP contribution in [0.5, 0.6) is 0 Å². The molecule has 1 fully saturated rings. The van der Waals surface area contributed by atoms with Crippen molar-refractivity contribution in [2.24, 2.45) is 0 Å². The lowest BCUT2D eigenvalue weighted by Crippen LogP contribution is -2.66. The number of nitrogens with one attached hydrogen (secondary N) is 1. The number of alkyl carbamates (subject to hydrolysis) is 1. The molecular weight excluding hydrogens is 418 g/mol. The van der Waals surface area contributed by atoms with Crippen LogP contribution in [0.25, 0.3) is 0 Å². The molecule has 0 radical (unpaired) electrons. The van der Waals surface area contributed by atoms with Gasteiger partial charge in [0.2, 0.25) is 0 Å². The van der Waals surface area contributed by atoms with Crippen LogP contribution in [0.15, 0.2) is 0 Å². The van der Waals surface area contributed by atoms with Gasteiger partial charge in [-0.25, -0.2) is 4.79 Å². The molecule has 1 rings (SSSR count). The molecule has 0 aromatic heterocycles. The summed E-state index contributed by atoms with van der Waals surface area (Å²) in [6.45, 7) is 6.16. The van der Waals surface area contributed by atoms with Gasteiger partial charge in [0.05, 0.1) is 6.61 Å². The van der Waals surface area contributed by atoms with Gasteiger partial charge in [-0.15, -0.1) is 0 Å². The Morgan fingerprint density at radius 1 is 0.774 bits per heavy atom. The summed E-state index contributed by atoms with van der Waals surface area (Å²) < 4.78 is 31.4. The van der Waals surface area contributed by atoms with Crippen LogP contribution in [0.3, 0.4) is 0 Å². The second-order valence-electron chi connectivity index (χ2n) is 6.75. The SMILES string of the molecule is CCCCOC(=O)N[C@@H]1O[C@H](COC(C)=O)[C@@H](OC(C)=O)[C@H](OC(C)=O)[C@H]1OC(C)=O. The molecule has 1 aliphatic rings. The molecule has 0 unspecified atom stereocenters. The average molecular weight is 447 g/mol. The number of rotatable bonds is 9. The number of esters is 4. The lowest BCUT2D eigenvalue weighted by molar-refractivity contribution is -0.256. The van der Waals surface area contributed by atoms with Crippen molar-refractivity contribution in [2.75, 3.05) is 13.2 Å². The van der Waals surface area contributed by atoms with E-state index in [4.69, 9.17) is 28.4 Å². The summed E-state index contributed by atoms with van der Waals surface area (Å²) in [7, 11) is 0. The van der Waals surface area contributed by atoms with E-state index in [-0.39, 0.29) is 13.2 Å². The summed E-state index contributed by atoms with van der Waals surface area (Å²) in [4.78, 5) is 58.4. The molecule has 12 heteroatoms. The van der Waals surface area contributed by atoms with Crippen molar-refractivity contribution in [2.45, 2.75) is 78.1 Å². The molecule has 1 amide bonds. The van der Waals surface area contributed by atoms with E-state index < -0.39 is 60.6 Å². The van der Waals surface area contributed by atoms with Crippen molar-refractivity contribution in [1.82, 2.24) is 5.32 Å². The van der Waals surface area contributed by atoms with Crippen LogP contribution in [0, 0.1) is 0 Å². The highest BCUT2D eigenvalue weighted by Gasteiger charge is 2.52. The molecule has 176 valence electrons. The molecule has 1 saturated heterocycles. The Morgan fingerprint density at radius 2 is 1.32 bits per heavy atom. The first-order valence-electron chi connectivity index (χ1n) is 9.78. The van der Waals surface area contributed by atoms with E-state index in [0.717, 1.165) is 34.1 Å². The third-order valence-corrected chi connectivity index (χ3v) is 3.98. The van der Waals surface area contributed by atoms with E-state index >= 15 is 0 Å². The van der Waals surface area contributed by atoms with Gasteiger partial charge in [-0.1, -0.05) is 13.3 Å². The fourth-order valence-corrected chi connectivity index (χ4v) is 2.81. The standard InChI is InChI=1S/C19H29NO11/c1-6-7-8-26-19(25)20-18-17(30-13(5)24)16(29-12(4)23)15(28-11(3)22)14(31-18)9-27-10(2)21/h14-18H,6-9H2,1-5H3,(H,20,25)/t14-,15-,16+,17-,18-/m1/s1. The summed E-state index contributed by atoms with van der Waals surface area (Å²) >= 11 is 0. The second-order valence-corrected chi connectivity index (χ2v) is 6.75. The zero-order valence-corrected chi connectivity index (χ0v) is 18.2. The first kappa shape index (κ1) is 26.1. The highest BCUT2D eigenvalue weighted by molar-refractivity contribution is 5.70. The molecule has 0 aromatic rings. The van der Waals surface area contributed by atoms with Crippen LogP contribution < -0.4 is 5.32 Å². The van der Waals surface area contributed by atoms with Gasteiger partial charge in [-0.2, -0.15) is 0 Å². The van der Waals surface area contributed by atoms with Crippen LogP contribution >= 0.6 is 0 Å². The molecule has 1 heterocycles. The summed E-state index contributed by atoms with van der Waals surface area (Å²) in [5, 5.41) is 2.40. The van der Waals surface area contributed by atoms with Crippen LogP contribution in [0.1, 0.15) is 47.5 Å². The number of ether oxygens (including phenoxy) is 6. The van der Waals surface area contributed by atoms with E-state index in [1.807, 2.05) is 6.92 Å². The Balaban J connectivity index is 3.23. The Bertz CT molecular complexity index is 665. The predicted molar refractivity (Wildman–Crippen MR) is 101 cm³/mol. The minimum Gasteiger partial charge on any atom is -0.463 e. The molecule has 1 N–H and O–H groups in total. The second kappa shape index (κ2) is 12.7. The summed E-state index contributed by atoms with van der Waals surface area (Å²) in [5.41, 5.74) is 0. The fourth-order valence-electron chi connectivity index (χ4n) is 2.81. The average Bonchev–Trinajstić information content (AvgIpc) is 2.64. The molecule has 31 heavy (non-hydrogen) atoms. The Hall–Kier alpha value is -2.89. The van der Waals surface area contributed by atoms with Gasteiger partial charge >= 0.3 is 30.0 Å². The van der Waals surface area contributed by atoms with E-state index in [1.54, 1.807) is 0 Å². The molecule has 0 aliphatic carbocycles. The molecule has 0 aromatic carbocycles. The van der Waals surface area contributed by atoms with Crippen molar-refractivity contribution in [3.63, 3.8) is 0 Å². The van der Waals surface area contributed by atoms with Gasteiger partial charge in [-0.05, 0) is 6.42 Å². The van der Waals surface area contributed by atoms with Crippen molar-refractivity contribution in [3.05, 3.63) is 0 Å². The van der Waals surface area contributed by atoms with E-state index in [0.29, 0.717) is 6.42 Å². The summed E-state index contributed by atoms with van der Waals surface area (Å²) in [5.74, 6) is -2.92. The van der Waals surface area contributed by atoms with Gasteiger partial charge in [0, 0.05) is 27.7 Å². The van der Waals surface area contributed by atoms with E-state index in [1.165, 1.54) is 0 Å². The van der Waals surface area contributed by atoms with Crippen molar-refractivity contribution in [1.29, 1.82) is 0 Å². The first-order valence-corrected chi connectivity index (χ1v) is 9.78. The highest BCUT2D eigenvalue weighted by atomic mass is 16.7. The highest BCUT2D eigenvalue weighted by Crippen LogP contribution is 2.28. The molecule has 0 spiro atoms. The predicted octanol–water partition coefficient (Wildman–Crippen LogP) is 0.596. The minimum atomic E-state index is -1.38. The number of unbranched alkanes of at least 4 members (excludes halogenated alkanes) is 1. The van der Waals surface area contributed by atoms with E-state index in [9.17, 15) is 24.0 Å². The molecule has 5 atom stereocenters. The van der Waals surface area contributed by atoms with Crippen molar-refractivity contribution < 1.29 is 52.4 Å². The first-order chi connectivity index (χ1) is 14.5. The third kappa shape index (κ3) is 9.20. The van der Waals surface area contributed by atoms with Crippen LogP contribution in [-0.2, 0) is 47.6 Å². The number of hydrogen-bond donors (Lipinski definition) is 1. The lowest BCUT2D eigenvalue weighted by atomic mass is 9.97. The molecule has 12 nitrogen and oxygen atoms in total. The van der Waals surface area contributed by atoms with Gasteiger partial charge in [0.15, 0.2) is 24.5 Å². The van der Waals surface area contributed by atoms with Gasteiger partial charge in [0.25, 0.3) is 0 Å². The maximum Gasteiger partial charge on any atom is 0.409 e. The number of carbonyl (C=O) groups excluding carboxylic acids is 5. The number of carbonyl (C=O) groups is 5. The molecular formula is C19H29NO11. The quantitative estimate of drug-likeness (QED) is 0.300. The minimum absolute atomic E-state index is 0.146. The fraction of sp³-hybridized carbons (Fsp3) is 0.737. The van der Waals surface area contributed by atoms with Crippen LogP contribution in [-0.4, -0.2) is 73.8 Å². The smallest absolute Gasteiger partial charge is 0.409 e. The monoisotopic (exact) mass is 447 g/mol. The Labute approximate surface area is 179 Å². The maximum absolute atomic E-state index is 12.1. The van der Waals surface area contributed by atoms with Crippen LogP contribution in [0.4, 0.5) is 4.79 Å². The zero-order chi connectivity index (χ0) is 23.6. The van der Waals surface area contributed by atoms with Gasteiger partial charge < -0.3 is 28.4 Å². The van der Waals surface area contributed by atoms with Crippen molar-refractivity contribution >= 4 is 30.0 Å². The Kier molecular flexibility index (Phi) is 10.7. The molecule has 0 bridgehead atoms. The topological polar surface area (TPSA) is 153 Å². The van der Waals surface area contributed by atoms with Crippen LogP contribution in [0.2, 0.25) is 0 Å². The van der Waals surface area contributed by atoms with Gasteiger partial charge in [-0.3, -0.25) is 24.5 Å². The maximum atomic E-state index is 12.1. The molecule has 1 aliphatic heterocycles. The third-order valence-electron chi connectivity index (χ3n) is 3.98. The normalized spacial score (nSPS) is 25.0. The number of amides is 1. The van der Waals surface area contributed by atoms with Crippen molar-refractivity contribution in [3.8, 4) is 0 Å². The summed E-state index contributed by atoms with van der Waals surface area (Å²) in [6, 6.07) is 0. The Morgan fingerprint density at radius 3 is 1.84 bits per heavy atom. The zero-order valence-electron chi connectivity index (χ0n) is 18.2. The summed E-state index contributed by atoms with van der Waals surface area (Å²) in [6.07, 6.45) is -5.97. The van der Waals surface area contributed by atoms with E-state index in [2.05, 4.69) is 5.32 Å². The molecule has 0 saturated carbocycles. The van der Waals surface area contributed by atoms with Gasteiger partial charge in [0.1, 0.15) is 12.7 Å².